The molecule has 0 aromatic heterocycles. The Morgan fingerprint density at radius 2 is 1.72 bits per heavy atom. The molecule has 2 amide bonds. The molecular formula is C24H29FN2O2. The number of hydrogen-bond donors (Lipinski definition) is 1. The molecule has 0 aliphatic carbocycles. The number of rotatable bonds is 5. The molecule has 5 heteroatoms. The lowest BCUT2D eigenvalue weighted by molar-refractivity contribution is -0.135. The standard InChI is InChI=1S/C24H29FN2O2/c1-16(2)22(26-23(28)20-5-4-6-21(25)15-20)24(29)27-13-11-19(12-14-27)18-9-7-17(3)8-10-18/h4-10,15-16,19,22H,11-14H2,1-3H3,(H,26,28). The van der Waals surface area contributed by atoms with Gasteiger partial charge in [-0.1, -0.05) is 49.7 Å². The van der Waals surface area contributed by atoms with Crippen LogP contribution in [0.3, 0.4) is 0 Å². The minimum absolute atomic E-state index is 0.0603. The summed E-state index contributed by atoms with van der Waals surface area (Å²) in [6, 6.07) is 13.5. The highest BCUT2D eigenvalue weighted by atomic mass is 19.1. The van der Waals surface area contributed by atoms with E-state index in [1.54, 1.807) is 6.07 Å². The molecule has 0 saturated carbocycles. The smallest absolute Gasteiger partial charge is 0.252 e. The second kappa shape index (κ2) is 9.21. The van der Waals surface area contributed by atoms with Crippen LogP contribution in [0.4, 0.5) is 4.39 Å². The number of nitrogens with zero attached hydrogens (tertiary/aromatic N) is 1. The van der Waals surface area contributed by atoms with E-state index in [9.17, 15) is 14.0 Å². The van der Waals surface area contributed by atoms with Crippen LogP contribution in [0.5, 0.6) is 0 Å². The third-order valence-corrected chi connectivity index (χ3v) is 5.66. The van der Waals surface area contributed by atoms with Gasteiger partial charge in [-0.05, 0) is 55.4 Å². The first-order chi connectivity index (χ1) is 13.8. The highest BCUT2D eigenvalue weighted by molar-refractivity contribution is 5.97. The van der Waals surface area contributed by atoms with Gasteiger partial charge in [-0.15, -0.1) is 0 Å². The highest BCUT2D eigenvalue weighted by Crippen LogP contribution is 2.28. The number of benzene rings is 2. The van der Waals surface area contributed by atoms with E-state index < -0.39 is 17.8 Å². The van der Waals surface area contributed by atoms with Crippen LogP contribution in [0.25, 0.3) is 0 Å². The summed E-state index contributed by atoms with van der Waals surface area (Å²) in [6.45, 7) is 7.25. The number of hydrogen-bond acceptors (Lipinski definition) is 2. The van der Waals surface area contributed by atoms with E-state index in [4.69, 9.17) is 0 Å². The van der Waals surface area contributed by atoms with Crippen molar-refractivity contribution in [2.45, 2.75) is 45.6 Å². The molecule has 1 aliphatic rings. The van der Waals surface area contributed by atoms with E-state index in [1.165, 1.54) is 29.3 Å². The lowest BCUT2D eigenvalue weighted by atomic mass is 9.88. The summed E-state index contributed by atoms with van der Waals surface area (Å²) in [5.41, 5.74) is 2.79. The van der Waals surface area contributed by atoms with Crippen LogP contribution in [0.1, 0.15) is 54.1 Å². The normalized spacial score (nSPS) is 16.0. The van der Waals surface area contributed by atoms with Crippen molar-refractivity contribution in [2.24, 2.45) is 5.92 Å². The molecule has 0 radical (unpaired) electrons. The second-order valence-corrected chi connectivity index (χ2v) is 8.22. The quantitative estimate of drug-likeness (QED) is 0.819. The predicted octanol–water partition coefficient (Wildman–Crippen LogP) is 4.29. The zero-order valence-electron chi connectivity index (χ0n) is 17.3. The molecule has 1 N–H and O–H groups in total. The Hall–Kier alpha value is -2.69. The summed E-state index contributed by atoms with van der Waals surface area (Å²) in [6.07, 6.45) is 1.83. The molecule has 1 unspecified atom stereocenters. The molecule has 4 nitrogen and oxygen atoms in total. The average Bonchev–Trinajstić information content (AvgIpc) is 2.72. The Bertz CT molecular complexity index is 855. The van der Waals surface area contributed by atoms with Crippen LogP contribution in [-0.2, 0) is 4.79 Å². The first-order valence-corrected chi connectivity index (χ1v) is 10.3. The zero-order chi connectivity index (χ0) is 21.0. The van der Waals surface area contributed by atoms with Crippen molar-refractivity contribution >= 4 is 11.8 Å². The fourth-order valence-electron chi connectivity index (χ4n) is 3.84. The molecule has 3 rings (SSSR count). The number of carbonyl (C=O) groups excluding carboxylic acids is 2. The van der Waals surface area contributed by atoms with Gasteiger partial charge >= 0.3 is 0 Å². The second-order valence-electron chi connectivity index (χ2n) is 8.22. The molecule has 1 aliphatic heterocycles. The Morgan fingerprint density at radius 1 is 1.07 bits per heavy atom. The van der Waals surface area contributed by atoms with Gasteiger partial charge < -0.3 is 10.2 Å². The number of carbonyl (C=O) groups is 2. The van der Waals surface area contributed by atoms with Crippen molar-refractivity contribution in [3.63, 3.8) is 0 Å². The van der Waals surface area contributed by atoms with Crippen molar-refractivity contribution in [2.75, 3.05) is 13.1 Å². The Balaban J connectivity index is 1.62. The van der Waals surface area contributed by atoms with Crippen LogP contribution < -0.4 is 5.32 Å². The summed E-state index contributed by atoms with van der Waals surface area (Å²) >= 11 is 0. The van der Waals surface area contributed by atoms with E-state index in [-0.39, 0.29) is 17.4 Å². The molecule has 2 aromatic carbocycles. The molecular weight excluding hydrogens is 367 g/mol. The Labute approximate surface area is 172 Å². The maximum Gasteiger partial charge on any atom is 0.252 e. The van der Waals surface area contributed by atoms with E-state index in [1.807, 2.05) is 18.7 Å². The number of amides is 2. The summed E-state index contributed by atoms with van der Waals surface area (Å²) < 4.78 is 13.4. The molecule has 0 spiro atoms. The SMILES string of the molecule is Cc1ccc(C2CCN(C(=O)C(NC(=O)c3cccc(F)c3)C(C)C)CC2)cc1. The van der Waals surface area contributed by atoms with Crippen molar-refractivity contribution in [1.29, 1.82) is 0 Å². The van der Waals surface area contributed by atoms with E-state index in [0.29, 0.717) is 19.0 Å². The first kappa shape index (κ1) is 21.0. The molecule has 1 heterocycles. The number of nitrogens with one attached hydrogen (secondary N) is 1. The molecule has 1 fully saturated rings. The third-order valence-electron chi connectivity index (χ3n) is 5.66. The van der Waals surface area contributed by atoms with Gasteiger partial charge in [-0.3, -0.25) is 9.59 Å². The van der Waals surface area contributed by atoms with Gasteiger partial charge in [0.25, 0.3) is 5.91 Å². The minimum Gasteiger partial charge on any atom is -0.341 e. The molecule has 1 atom stereocenters. The van der Waals surface area contributed by atoms with Crippen LogP contribution in [-0.4, -0.2) is 35.8 Å². The highest BCUT2D eigenvalue weighted by Gasteiger charge is 2.31. The van der Waals surface area contributed by atoms with Crippen LogP contribution in [0, 0.1) is 18.7 Å². The lowest BCUT2D eigenvalue weighted by Gasteiger charge is -2.35. The lowest BCUT2D eigenvalue weighted by Crippen LogP contribution is -2.52. The summed E-state index contributed by atoms with van der Waals surface area (Å²) in [5.74, 6) is -0.560. The zero-order valence-corrected chi connectivity index (χ0v) is 17.3. The predicted molar refractivity (Wildman–Crippen MR) is 112 cm³/mol. The van der Waals surface area contributed by atoms with Crippen LogP contribution in [0.15, 0.2) is 48.5 Å². The number of likely N-dealkylation sites (tertiary alicyclic amines) is 1. The summed E-state index contributed by atoms with van der Waals surface area (Å²) in [4.78, 5) is 27.5. The van der Waals surface area contributed by atoms with E-state index >= 15 is 0 Å². The number of aryl methyl sites for hydroxylation is 1. The fraction of sp³-hybridized carbons (Fsp3) is 0.417. The van der Waals surface area contributed by atoms with Gasteiger partial charge in [0, 0.05) is 18.7 Å². The fourth-order valence-corrected chi connectivity index (χ4v) is 3.84. The van der Waals surface area contributed by atoms with E-state index in [0.717, 1.165) is 12.8 Å². The third kappa shape index (κ3) is 5.22. The number of piperidine rings is 1. The topological polar surface area (TPSA) is 49.4 Å². The molecule has 29 heavy (non-hydrogen) atoms. The minimum atomic E-state index is -0.623. The van der Waals surface area contributed by atoms with Crippen molar-refractivity contribution in [3.05, 3.63) is 71.0 Å². The Morgan fingerprint density at radius 3 is 2.31 bits per heavy atom. The molecule has 2 aromatic rings. The van der Waals surface area contributed by atoms with Gasteiger partial charge in [0.05, 0.1) is 0 Å². The van der Waals surface area contributed by atoms with Gasteiger partial charge in [-0.25, -0.2) is 4.39 Å². The molecule has 0 bridgehead atoms. The van der Waals surface area contributed by atoms with Crippen molar-refractivity contribution in [1.82, 2.24) is 10.2 Å². The van der Waals surface area contributed by atoms with Gasteiger partial charge in [0.2, 0.25) is 5.91 Å². The summed E-state index contributed by atoms with van der Waals surface area (Å²) in [5, 5.41) is 2.81. The van der Waals surface area contributed by atoms with Gasteiger partial charge in [0.1, 0.15) is 11.9 Å². The largest absolute Gasteiger partial charge is 0.341 e. The average molecular weight is 397 g/mol. The maximum atomic E-state index is 13.4. The summed E-state index contributed by atoms with van der Waals surface area (Å²) in [7, 11) is 0. The van der Waals surface area contributed by atoms with E-state index in [2.05, 4.69) is 36.5 Å². The van der Waals surface area contributed by atoms with Crippen molar-refractivity contribution in [3.8, 4) is 0 Å². The molecule has 154 valence electrons. The monoisotopic (exact) mass is 396 g/mol. The molecule has 1 saturated heterocycles. The van der Waals surface area contributed by atoms with Crippen LogP contribution >= 0.6 is 0 Å². The van der Waals surface area contributed by atoms with Crippen LogP contribution in [0.2, 0.25) is 0 Å². The van der Waals surface area contributed by atoms with Gasteiger partial charge in [-0.2, -0.15) is 0 Å². The van der Waals surface area contributed by atoms with Gasteiger partial charge in [0.15, 0.2) is 0 Å². The number of halogens is 1. The van der Waals surface area contributed by atoms with Crippen molar-refractivity contribution < 1.29 is 14.0 Å². The first-order valence-electron chi connectivity index (χ1n) is 10.3. The Kier molecular flexibility index (Phi) is 6.68. The maximum absolute atomic E-state index is 13.4.